The Kier molecular flexibility index (Phi) is 6.61. The summed E-state index contributed by atoms with van der Waals surface area (Å²) < 4.78 is 0.957. The summed E-state index contributed by atoms with van der Waals surface area (Å²) in [4.78, 5) is 31.1. The van der Waals surface area contributed by atoms with Crippen LogP contribution in [0.25, 0.3) is 10.9 Å². The number of carbonyl (C=O) groups excluding carboxylic acids is 2. The van der Waals surface area contributed by atoms with Gasteiger partial charge in [-0.25, -0.2) is 0 Å². The zero-order valence-corrected chi connectivity index (χ0v) is 18.2. The highest BCUT2D eigenvalue weighted by Crippen LogP contribution is 2.22. The van der Waals surface area contributed by atoms with Gasteiger partial charge in [0.05, 0.1) is 23.8 Å². The number of nitrogens with one attached hydrogen (secondary N) is 2. The summed E-state index contributed by atoms with van der Waals surface area (Å²) in [6.45, 7) is 3.80. The third kappa shape index (κ3) is 5.19. The average Bonchev–Trinajstić information content (AvgIpc) is 2.69. The van der Waals surface area contributed by atoms with E-state index in [4.69, 9.17) is 0 Å². The van der Waals surface area contributed by atoms with Crippen molar-refractivity contribution in [2.45, 2.75) is 19.9 Å². The number of benzene rings is 2. The van der Waals surface area contributed by atoms with Crippen LogP contribution in [0.2, 0.25) is 0 Å². The van der Waals surface area contributed by atoms with E-state index in [1.807, 2.05) is 55.5 Å². The second-order valence-electron chi connectivity index (χ2n) is 6.96. The number of fused-ring (bicyclic) bond motifs is 1. The van der Waals surface area contributed by atoms with Crippen molar-refractivity contribution in [1.29, 1.82) is 0 Å². The first-order valence-corrected chi connectivity index (χ1v) is 10.1. The third-order valence-electron chi connectivity index (χ3n) is 4.80. The van der Waals surface area contributed by atoms with Gasteiger partial charge in [0.15, 0.2) is 0 Å². The highest BCUT2D eigenvalue weighted by molar-refractivity contribution is 9.10. The summed E-state index contributed by atoms with van der Waals surface area (Å²) in [5, 5.41) is 6.72. The molecule has 1 aromatic heterocycles. The van der Waals surface area contributed by atoms with Crippen LogP contribution < -0.4 is 10.6 Å². The molecule has 2 aromatic carbocycles. The molecule has 2 amide bonds. The van der Waals surface area contributed by atoms with E-state index >= 15 is 0 Å². The van der Waals surface area contributed by atoms with Crippen LogP contribution >= 0.6 is 15.9 Å². The first-order valence-electron chi connectivity index (χ1n) is 9.26. The molecular formula is C22H23BrN4O2. The first kappa shape index (κ1) is 21.0. The predicted molar refractivity (Wildman–Crippen MR) is 120 cm³/mol. The Morgan fingerprint density at radius 1 is 1.10 bits per heavy atom. The Morgan fingerprint density at radius 2 is 1.90 bits per heavy atom. The molecule has 2 N–H and O–H groups in total. The molecule has 0 saturated heterocycles. The summed E-state index contributed by atoms with van der Waals surface area (Å²) in [6.07, 6.45) is 1.72. The number of carbonyl (C=O) groups is 2. The zero-order chi connectivity index (χ0) is 21.0. The topological polar surface area (TPSA) is 74.3 Å². The van der Waals surface area contributed by atoms with Gasteiger partial charge in [0.25, 0.3) is 0 Å². The van der Waals surface area contributed by atoms with E-state index in [2.05, 4.69) is 31.5 Å². The smallest absolute Gasteiger partial charge is 0.241 e. The van der Waals surface area contributed by atoms with Crippen LogP contribution in [0.3, 0.4) is 0 Å². The molecule has 1 atom stereocenters. The average molecular weight is 455 g/mol. The predicted octanol–water partition coefficient (Wildman–Crippen LogP) is 4.20. The van der Waals surface area contributed by atoms with Crippen LogP contribution in [0.1, 0.15) is 12.5 Å². The van der Waals surface area contributed by atoms with Crippen LogP contribution in [0.15, 0.2) is 59.2 Å². The molecule has 150 valence electrons. The summed E-state index contributed by atoms with van der Waals surface area (Å²) in [7, 11) is 1.75. The van der Waals surface area contributed by atoms with Gasteiger partial charge in [-0.2, -0.15) is 0 Å². The summed E-state index contributed by atoms with van der Waals surface area (Å²) in [5.74, 6) is -0.358. The van der Waals surface area contributed by atoms with E-state index in [1.165, 1.54) is 0 Å². The van der Waals surface area contributed by atoms with Crippen molar-refractivity contribution in [2.24, 2.45) is 0 Å². The number of amides is 2. The lowest BCUT2D eigenvalue weighted by Gasteiger charge is -2.23. The largest absolute Gasteiger partial charge is 0.325 e. The van der Waals surface area contributed by atoms with Crippen LogP contribution in [0, 0.1) is 6.92 Å². The molecule has 0 fully saturated rings. The molecule has 0 aliphatic rings. The SMILES string of the molecule is Cc1cc(Br)ccc1NC(=O)CN(C)C(C)C(=O)Nc1cccc2ncccc12. The molecule has 1 unspecified atom stereocenters. The Bertz CT molecular complexity index is 1050. The summed E-state index contributed by atoms with van der Waals surface area (Å²) >= 11 is 3.41. The number of aromatic nitrogens is 1. The number of rotatable bonds is 6. The maximum atomic E-state index is 12.7. The Balaban J connectivity index is 1.62. The number of likely N-dealkylation sites (N-methyl/N-ethyl adjacent to an activating group) is 1. The van der Waals surface area contributed by atoms with Crippen molar-refractivity contribution in [3.05, 3.63) is 64.8 Å². The van der Waals surface area contributed by atoms with Gasteiger partial charge in [0, 0.05) is 21.7 Å². The van der Waals surface area contributed by atoms with E-state index in [9.17, 15) is 9.59 Å². The molecule has 0 saturated carbocycles. The van der Waals surface area contributed by atoms with Gasteiger partial charge in [0.2, 0.25) is 11.8 Å². The lowest BCUT2D eigenvalue weighted by atomic mass is 10.1. The molecule has 6 nitrogen and oxygen atoms in total. The Labute approximate surface area is 178 Å². The van der Waals surface area contributed by atoms with Crippen molar-refractivity contribution in [1.82, 2.24) is 9.88 Å². The standard InChI is InChI=1S/C22H23BrN4O2/c1-14-12-16(23)9-10-18(14)25-21(28)13-27(3)15(2)22(29)26-20-8-4-7-19-17(20)6-5-11-24-19/h4-12,15H,13H2,1-3H3,(H,25,28)(H,26,29). The Hall–Kier alpha value is -2.77. The van der Waals surface area contributed by atoms with Crippen molar-refractivity contribution in [3.8, 4) is 0 Å². The molecule has 0 aliphatic carbocycles. The highest BCUT2D eigenvalue weighted by Gasteiger charge is 2.21. The number of pyridine rings is 1. The third-order valence-corrected chi connectivity index (χ3v) is 5.29. The molecule has 1 heterocycles. The molecule has 3 aromatic rings. The van der Waals surface area contributed by atoms with Crippen molar-refractivity contribution >= 4 is 50.0 Å². The molecule has 0 spiro atoms. The lowest BCUT2D eigenvalue weighted by molar-refractivity contribution is -0.122. The van der Waals surface area contributed by atoms with Crippen LogP contribution in [0.4, 0.5) is 11.4 Å². The van der Waals surface area contributed by atoms with Gasteiger partial charge in [-0.1, -0.05) is 22.0 Å². The number of nitrogens with zero attached hydrogens (tertiary/aromatic N) is 2. The van der Waals surface area contributed by atoms with Gasteiger partial charge in [-0.3, -0.25) is 19.5 Å². The highest BCUT2D eigenvalue weighted by atomic mass is 79.9. The van der Waals surface area contributed by atoms with Gasteiger partial charge in [0.1, 0.15) is 0 Å². The lowest BCUT2D eigenvalue weighted by Crippen LogP contribution is -2.43. The zero-order valence-electron chi connectivity index (χ0n) is 16.6. The fourth-order valence-electron chi connectivity index (χ4n) is 2.97. The van der Waals surface area contributed by atoms with E-state index < -0.39 is 6.04 Å². The quantitative estimate of drug-likeness (QED) is 0.584. The van der Waals surface area contributed by atoms with E-state index in [0.29, 0.717) is 5.69 Å². The van der Waals surface area contributed by atoms with Crippen LogP contribution in [-0.4, -0.2) is 41.3 Å². The number of anilines is 2. The maximum Gasteiger partial charge on any atom is 0.241 e. The van der Waals surface area contributed by atoms with Crippen LogP contribution in [-0.2, 0) is 9.59 Å². The van der Waals surface area contributed by atoms with Crippen molar-refractivity contribution in [3.63, 3.8) is 0 Å². The maximum absolute atomic E-state index is 12.7. The van der Waals surface area contributed by atoms with Crippen molar-refractivity contribution < 1.29 is 9.59 Å². The van der Waals surface area contributed by atoms with Gasteiger partial charge < -0.3 is 10.6 Å². The van der Waals surface area contributed by atoms with E-state index in [0.717, 1.165) is 26.6 Å². The van der Waals surface area contributed by atoms with Crippen LogP contribution in [0.5, 0.6) is 0 Å². The van der Waals surface area contributed by atoms with Gasteiger partial charge in [-0.15, -0.1) is 0 Å². The fourth-order valence-corrected chi connectivity index (χ4v) is 3.45. The number of aryl methyl sites for hydroxylation is 1. The minimum Gasteiger partial charge on any atom is -0.325 e. The molecule has 0 aliphatic heterocycles. The molecular weight excluding hydrogens is 432 g/mol. The van der Waals surface area contributed by atoms with Gasteiger partial charge in [-0.05, 0) is 68.9 Å². The Morgan fingerprint density at radius 3 is 2.66 bits per heavy atom. The molecule has 29 heavy (non-hydrogen) atoms. The number of hydrogen-bond donors (Lipinski definition) is 2. The molecule has 0 bridgehead atoms. The molecule has 7 heteroatoms. The summed E-state index contributed by atoms with van der Waals surface area (Å²) in [5.41, 5.74) is 3.24. The van der Waals surface area contributed by atoms with E-state index in [-0.39, 0.29) is 18.4 Å². The second-order valence-corrected chi connectivity index (χ2v) is 7.88. The number of halogens is 1. The number of hydrogen-bond acceptors (Lipinski definition) is 4. The summed E-state index contributed by atoms with van der Waals surface area (Å²) in [6, 6.07) is 14.5. The second kappa shape index (κ2) is 9.15. The normalized spacial score (nSPS) is 12.0. The first-order chi connectivity index (χ1) is 13.8. The monoisotopic (exact) mass is 454 g/mol. The van der Waals surface area contributed by atoms with Gasteiger partial charge >= 0.3 is 0 Å². The molecule has 3 rings (SSSR count). The van der Waals surface area contributed by atoms with E-state index in [1.54, 1.807) is 25.1 Å². The minimum absolute atomic E-state index is 0.0984. The minimum atomic E-state index is -0.487. The van der Waals surface area contributed by atoms with Crippen molar-refractivity contribution in [2.75, 3.05) is 24.2 Å². The fraction of sp³-hybridized carbons (Fsp3) is 0.227. The molecule has 0 radical (unpaired) electrons.